The summed E-state index contributed by atoms with van der Waals surface area (Å²) in [6.45, 7) is 6.64. The molecular weight excluding hydrogens is 493 g/mol. The molecule has 0 saturated heterocycles. The number of aromatic hydroxyl groups is 1. The Labute approximate surface area is 220 Å². The fourth-order valence-corrected chi connectivity index (χ4v) is 4.89. The lowest BCUT2D eigenvalue weighted by Gasteiger charge is -2.38. The van der Waals surface area contributed by atoms with Gasteiger partial charge in [0.2, 0.25) is 0 Å². The Balaban J connectivity index is 1.63. The van der Waals surface area contributed by atoms with Gasteiger partial charge in [-0.3, -0.25) is 4.98 Å². The van der Waals surface area contributed by atoms with Gasteiger partial charge in [0.15, 0.2) is 5.60 Å². The number of fused-ring (bicyclic) bond motifs is 1. The van der Waals surface area contributed by atoms with Gasteiger partial charge in [0.25, 0.3) is 0 Å². The molecule has 0 fully saturated rings. The summed E-state index contributed by atoms with van der Waals surface area (Å²) in [5.41, 5.74) is -0.335. The van der Waals surface area contributed by atoms with Gasteiger partial charge in [-0.25, -0.2) is 4.98 Å². The second-order valence-corrected chi connectivity index (χ2v) is 10.4. The molecule has 202 valence electrons. The van der Waals surface area contributed by atoms with E-state index < -0.39 is 30.0 Å². The average Bonchev–Trinajstić information content (AvgIpc) is 3.25. The first-order chi connectivity index (χ1) is 17.9. The van der Waals surface area contributed by atoms with Crippen LogP contribution in [-0.2, 0) is 18.4 Å². The molecule has 0 saturated carbocycles. The molecule has 1 unspecified atom stereocenters. The molecule has 9 heteroatoms. The van der Waals surface area contributed by atoms with Crippen molar-refractivity contribution in [2.24, 2.45) is 0 Å². The molecule has 4 rings (SSSR count). The highest BCUT2D eigenvalue weighted by Gasteiger charge is 2.56. The topological polar surface area (TPSA) is 94.1 Å². The van der Waals surface area contributed by atoms with Crippen molar-refractivity contribution < 1.29 is 23.4 Å². The van der Waals surface area contributed by atoms with Crippen LogP contribution in [0.2, 0.25) is 0 Å². The number of aromatic amines is 1. The van der Waals surface area contributed by atoms with E-state index in [2.05, 4.69) is 27.2 Å². The molecule has 1 aromatic carbocycles. The predicted molar refractivity (Wildman–Crippen MR) is 142 cm³/mol. The van der Waals surface area contributed by atoms with Crippen molar-refractivity contribution in [3.8, 4) is 16.9 Å². The maximum absolute atomic E-state index is 14.4. The Hall–Kier alpha value is -3.43. The molecule has 4 N–H and O–H groups in total. The molecular formula is C29H33F3N4O2. The Morgan fingerprint density at radius 1 is 1.03 bits per heavy atom. The second kappa shape index (κ2) is 10.7. The maximum Gasteiger partial charge on any atom is 0.417 e. The molecule has 0 bridgehead atoms. The number of nitrogens with zero attached hydrogens (tertiary/aromatic N) is 2. The third-order valence-corrected chi connectivity index (χ3v) is 6.79. The standard InChI is InChI=1S/C29H33F3N4O2/c1-4-11-33-17-21-8-9-24-25(35-21)14-22(36-24)15-28(38,29(30,31)32)18-27(2,3)23-13-19(7-10-26(23)37)20-6-5-12-34-16-20/h5-10,12-14,16,33,36-38H,4,11,15,17-18H2,1-3H3. The van der Waals surface area contributed by atoms with Crippen LogP contribution >= 0.6 is 0 Å². The van der Waals surface area contributed by atoms with Crippen LogP contribution in [0.4, 0.5) is 13.2 Å². The molecule has 6 nitrogen and oxygen atoms in total. The van der Waals surface area contributed by atoms with Crippen LogP contribution in [0.25, 0.3) is 22.2 Å². The Bertz CT molecular complexity index is 1390. The van der Waals surface area contributed by atoms with Crippen molar-refractivity contribution in [2.45, 2.75) is 63.8 Å². The van der Waals surface area contributed by atoms with Gasteiger partial charge in [-0.05, 0) is 66.8 Å². The zero-order valence-electron chi connectivity index (χ0n) is 21.7. The largest absolute Gasteiger partial charge is 0.508 e. The summed E-state index contributed by atoms with van der Waals surface area (Å²) in [7, 11) is 0. The molecule has 0 amide bonds. The quantitative estimate of drug-likeness (QED) is 0.189. The van der Waals surface area contributed by atoms with Crippen molar-refractivity contribution in [1.82, 2.24) is 20.3 Å². The number of hydrogen-bond donors (Lipinski definition) is 4. The van der Waals surface area contributed by atoms with Crippen LogP contribution in [0.15, 0.2) is 60.9 Å². The molecule has 4 aromatic rings. The van der Waals surface area contributed by atoms with Crippen molar-refractivity contribution in [2.75, 3.05) is 6.54 Å². The summed E-state index contributed by atoms with van der Waals surface area (Å²) in [6.07, 6.45) is -2.01. The number of aliphatic hydroxyl groups is 1. The minimum absolute atomic E-state index is 0.133. The van der Waals surface area contributed by atoms with Crippen LogP contribution in [0.1, 0.15) is 50.6 Å². The second-order valence-electron chi connectivity index (χ2n) is 10.4. The van der Waals surface area contributed by atoms with E-state index in [1.165, 1.54) is 6.07 Å². The van der Waals surface area contributed by atoms with Crippen molar-refractivity contribution in [1.29, 1.82) is 0 Å². The number of halogens is 3. The van der Waals surface area contributed by atoms with E-state index >= 15 is 0 Å². The number of nitrogens with one attached hydrogen (secondary N) is 2. The number of H-pyrrole nitrogens is 1. The van der Waals surface area contributed by atoms with Gasteiger partial charge in [0, 0.05) is 42.2 Å². The van der Waals surface area contributed by atoms with E-state index in [-0.39, 0.29) is 11.4 Å². The summed E-state index contributed by atoms with van der Waals surface area (Å²) >= 11 is 0. The zero-order chi connectivity index (χ0) is 27.6. The third-order valence-electron chi connectivity index (χ3n) is 6.79. The fraction of sp³-hybridized carbons (Fsp3) is 0.379. The normalized spacial score (nSPS) is 14.1. The summed E-state index contributed by atoms with van der Waals surface area (Å²) in [5.74, 6) is -0.133. The summed E-state index contributed by atoms with van der Waals surface area (Å²) in [5, 5.41) is 25.0. The summed E-state index contributed by atoms with van der Waals surface area (Å²) in [4.78, 5) is 11.6. The van der Waals surface area contributed by atoms with Crippen LogP contribution in [0.5, 0.6) is 5.75 Å². The molecule has 3 aromatic heterocycles. The van der Waals surface area contributed by atoms with E-state index in [9.17, 15) is 23.4 Å². The van der Waals surface area contributed by atoms with Gasteiger partial charge >= 0.3 is 6.18 Å². The Kier molecular flexibility index (Phi) is 7.80. The van der Waals surface area contributed by atoms with Gasteiger partial charge in [0.05, 0.1) is 16.7 Å². The van der Waals surface area contributed by atoms with E-state index in [0.29, 0.717) is 28.7 Å². The Morgan fingerprint density at radius 2 is 1.82 bits per heavy atom. The number of phenolic OH excluding ortho intramolecular Hbond substituents is 1. The zero-order valence-corrected chi connectivity index (χ0v) is 21.7. The molecule has 1 atom stereocenters. The van der Waals surface area contributed by atoms with Gasteiger partial charge < -0.3 is 20.5 Å². The number of hydrogen-bond acceptors (Lipinski definition) is 5. The molecule has 3 heterocycles. The number of rotatable bonds is 10. The number of aromatic nitrogens is 3. The van der Waals surface area contributed by atoms with Crippen LogP contribution in [-0.4, -0.2) is 43.5 Å². The van der Waals surface area contributed by atoms with E-state index in [1.54, 1.807) is 56.6 Å². The van der Waals surface area contributed by atoms with Crippen molar-refractivity contribution in [3.05, 3.63) is 77.9 Å². The van der Waals surface area contributed by atoms with E-state index in [0.717, 1.165) is 24.2 Å². The highest BCUT2D eigenvalue weighted by molar-refractivity contribution is 5.76. The van der Waals surface area contributed by atoms with Crippen molar-refractivity contribution in [3.63, 3.8) is 0 Å². The lowest BCUT2D eigenvalue weighted by molar-refractivity contribution is -0.266. The van der Waals surface area contributed by atoms with Crippen LogP contribution in [0.3, 0.4) is 0 Å². The maximum atomic E-state index is 14.4. The van der Waals surface area contributed by atoms with Crippen molar-refractivity contribution >= 4 is 11.0 Å². The highest BCUT2D eigenvalue weighted by atomic mass is 19.4. The molecule has 0 aliphatic rings. The molecule has 0 aliphatic heterocycles. The summed E-state index contributed by atoms with van der Waals surface area (Å²) < 4.78 is 43.2. The SMILES string of the molecule is CCCNCc1ccc2[nH]c(CC(O)(CC(C)(C)c3cc(-c4cccnc4)ccc3O)C(F)(F)F)cc2n1. The lowest BCUT2D eigenvalue weighted by atomic mass is 9.72. The molecule has 38 heavy (non-hydrogen) atoms. The fourth-order valence-electron chi connectivity index (χ4n) is 4.89. The lowest BCUT2D eigenvalue weighted by Crippen LogP contribution is -2.50. The minimum atomic E-state index is -4.92. The van der Waals surface area contributed by atoms with E-state index in [4.69, 9.17) is 0 Å². The number of alkyl halides is 3. The Morgan fingerprint density at radius 3 is 2.50 bits per heavy atom. The number of pyridine rings is 2. The number of benzene rings is 1. The van der Waals surface area contributed by atoms with Crippen LogP contribution in [0, 0.1) is 0 Å². The van der Waals surface area contributed by atoms with Crippen LogP contribution < -0.4 is 5.32 Å². The predicted octanol–water partition coefficient (Wildman–Crippen LogP) is 6.03. The summed E-state index contributed by atoms with van der Waals surface area (Å²) in [6, 6.07) is 13.6. The third kappa shape index (κ3) is 6.00. The van der Waals surface area contributed by atoms with E-state index in [1.807, 2.05) is 12.1 Å². The monoisotopic (exact) mass is 526 g/mol. The molecule has 0 radical (unpaired) electrons. The first kappa shape index (κ1) is 27.6. The molecule has 0 aliphatic carbocycles. The average molecular weight is 527 g/mol. The number of phenols is 1. The van der Waals surface area contributed by atoms with Gasteiger partial charge in [-0.1, -0.05) is 32.9 Å². The van der Waals surface area contributed by atoms with Gasteiger partial charge in [-0.2, -0.15) is 13.2 Å². The molecule has 0 spiro atoms. The first-order valence-corrected chi connectivity index (χ1v) is 12.6. The minimum Gasteiger partial charge on any atom is -0.508 e. The highest BCUT2D eigenvalue weighted by Crippen LogP contribution is 2.45. The van der Waals surface area contributed by atoms with Gasteiger partial charge in [0.1, 0.15) is 5.75 Å². The smallest absolute Gasteiger partial charge is 0.417 e. The first-order valence-electron chi connectivity index (χ1n) is 12.6. The van der Waals surface area contributed by atoms with Gasteiger partial charge in [-0.15, -0.1) is 0 Å².